The van der Waals surface area contributed by atoms with Gasteiger partial charge in [-0.25, -0.2) is 0 Å². The zero-order valence-electron chi connectivity index (χ0n) is 9.54. The highest BCUT2D eigenvalue weighted by Crippen LogP contribution is 2.10. The van der Waals surface area contributed by atoms with Gasteiger partial charge in [-0.2, -0.15) is 5.10 Å². The summed E-state index contributed by atoms with van der Waals surface area (Å²) in [4.78, 5) is 0. The van der Waals surface area contributed by atoms with Gasteiger partial charge >= 0.3 is 0 Å². The van der Waals surface area contributed by atoms with Crippen molar-refractivity contribution in [2.75, 3.05) is 12.3 Å². The van der Waals surface area contributed by atoms with Crippen LogP contribution in [-0.2, 0) is 17.3 Å². The summed E-state index contributed by atoms with van der Waals surface area (Å²) in [6.07, 6.45) is 1.73. The maximum absolute atomic E-state index is 11.7. The highest BCUT2D eigenvalue weighted by Gasteiger charge is 2.18. The first kappa shape index (κ1) is 12.4. The monoisotopic (exact) mass is 229 g/mol. The van der Waals surface area contributed by atoms with E-state index in [1.807, 2.05) is 26.8 Å². The standard InChI is InChI=1S/C10H19N3OS/c1-10(2,3)15(14)7-6-11-8-9-4-5-12-13-9/h4-5,11H,6-8H2,1-3H3,(H,12,13). The molecule has 4 nitrogen and oxygen atoms in total. The predicted molar refractivity (Wildman–Crippen MR) is 63.1 cm³/mol. The van der Waals surface area contributed by atoms with Crippen molar-refractivity contribution in [3.63, 3.8) is 0 Å². The van der Waals surface area contributed by atoms with E-state index in [0.717, 1.165) is 18.8 Å². The Morgan fingerprint density at radius 2 is 2.27 bits per heavy atom. The van der Waals surface area contributed by atoms with E-state index in [1.54, 1.807) is 6.20 Å². The molecule has 1 unspecified atom stereocenters. The van der Waals surface area contributed by atoms with Crippen LogP contribution in [-0.4, -0.2) is 31.5 Å². The fourth-order valence-electron chi connectivity index (χ4n) is 1.08. The predicted octanol–water partition coefficient (Wildman–Crippen LogP) is 1.05. The maximum Gasteiger partial charge on any atom is 0.0490 e. The van der Waals surface area contributed by atoms with Crippen molar-refractivity contribution in [1.82, 2.24) is 15.5 Å². The summed E-state index contributed by atoms with van der Waals surface area (Å²) in [6, 6.07) is 1.92. The normalized spacial score (nSPS) is 14.1. The molecule has 0 fully saturated rings. The molecular weight excluding hydrogens is 210 g/mol. The van der Waals surface area contributed by atoms with Crippen molar-refractivity contribution in [1.29, 1.82) is 0 Å². The van der Waals surface area contributed by atoms with Gasteiger partial charge in [0.1, 0.15) is 0 Å². The number of aromatic nitrogens is 2. The molecule has 1 atom stereocenters. The number of nitrogens with zero attached hydrogens (tertiary/aromatic N) is 1. The van der Waals surface area contributed by atoms with Gasteiger partial charge in [0.05, 0.1) is 0 Å². The van der Waals surface area contributed by atoms with Crippen LogP contribution in [0.15, 0.2) is 12.3 Å². The quantitative estimate of drug-likeness (QED) is 0.742. The highest BCUT2D eigenvalue weighted by atomic mass is 32.2. The first-order valence-electron chi connectivity index (χ1n) is 5.07. The molecule has 0 amide bonds. The Balaban J connectivity index is 2.15. The van der Waals surface area contributed by atoms with Crippen molar-refractivity contribution in [2.24, 2.45) is 0 Å². The minimum absolute atomic E-state index is 0.115. The average molecular weight is 229 g/mol. The van der Waals surface area contributed by atoms with Crippen LogP contribution in [0.1, 0.15) is 26.5 Å². The molecule has 0 saturated carbocycles. The van der Waals surface area contributed by atoms with Gasteiger partial charge in [-0.3, -0.25) is 9.31 Å². The van der Waals surface area contributed by atoms with Crippen LogP contribution in [0.25, 0.3) is 0 Å². The fraction of sp³-hybridized carbons (Fsp3) is 0.700. The van der Waals surface area contributed by atoms with E-state index in [-0.39, 0.29) is 4.75 Å². The van der Waals surface area contributed by atoms with E-state index in [0.29, 0.717) is 5.75 Å². The molecule has 1 rings (SSSR count). The Bertz CT molecular complexity index is 303. The van der Waals surface area contributed by atoms with Gasteiger partial charge in [0.25, 0.3) is 0 Å². The second-order valence-corrected chi connectivity index (χ2v) is 6.74. The van der Waals surface area contributed by atoms with Crippen LogP contribution in [0.2, 0.25) is 0 Å². The number of nitrogens with one attached hydrogen (secondary N) is 2. The van der Waals surface area contributed by atoms with E-state index in [1.165, 1.54) is 0 Å². The van der Waals surface area contributed by atoms with Gasteiger partial charge in [0, 0.05) is 46.3 Å². The zero-order chi connectivity index (χ0) is 11.3. The lowest BCUT2D eigenvalue weighted by Gasteiger charge is -2.17. The summed E-state index contributed by atoms with van der Waals surface area (Å²) in [5.74, 6) is 0.692. The summed E-state index contributed by atoms with van der Waals surface area (Å²) in [7, 11) is -0.774. The molecule has 0 aliphatic carbocycles. The molecular formula is C10H19N3OS. The topological polar surface area (TPSA) is 57.8 Å². The summed E-state index contributed by atoms with van der Waals surface area (Å²) in [5, 5.41) is 9.94. The Morgan fingerprint density at radius 1 is 1.53 bits per heavy atom. The van der Waals surface area contributed by atoms with Crippen LogP contribution in [0, 0.1) is 0 Å². The van der Waals surface area contributed by atoms with Gasteiger partial charge in [-0.05, 0) is 26.8 Å². The molecule has 86 valence electrons. The Kier molecular flexibility index (Phi) is 4.47. The van der Waals surface area contributed by atoms with E-state index in [9.17, 15) is 4.21 Å². The molecule has 0 saturated heterocycles. The van der Waals surface area contributed by atoms with Crippen molar-refractivity contribution < 1.29 is 4.21 Å². The molecule has 15 heavy (non-hydrogen) atoms. The van der Waals surface area contributed by atoms with Crippen LogP contribution in [0.4, 0.5) is 0 Å². The van der Waals surface area contributed by atoms with Gasteiger partial charge in [0.2, 0.25) is 0 Å². The molecule has 0 radical (unpaired) electrons. The van der Waals surface area contributed by atoms with Crippen molar-refractivity contribution in [3.8, 4) is 0 Å². The molecule has 0 aliphatic rings. The van der Waals surface area contributed by atoms with Gasteiger partial charge in [0.15, 0.2) is 0 Å². The lowest BCUT2D eigenvalue weighted by Crippen LogP contribution is -2.29. The lowest BCUT2D eigenvalue weighted by molar-refractivity contribution is 0.639. The van der Waals surface area contributed by atoms with Crippen LogP contribution in [0.5, 0.6) is 0 Å². The highest BCUT2D eigenvalue weighted by molar-refractivity contribution is 7.86. The summed E-state index contributed by atoms with van der Waals surface area (Å²) >= 11 is 0. The van der Waals surface area contributed by atoms with Crippen LogP contribution in [0.3, 0.4) is 0 Å². The number of hydrogen-bond donors (Lipinski definition) is 2. The lowest BCUT2D eigenvalue weighted by atomic mass is 10.3. The molecule has 0 bridgehead atoms. The minimum atomic E-state index is -0.774. The molecule has 1 heterocycles. The SMILES string of the molecule is CC(C)(C)S(=O)CCNCc1ccn[nH]1. The molecule has 2 N–H and O–H groups in total. The molecule has 1 aromatic heterocycles. The van der Waals surface area contributed by atoms with Gasteiger partial charge in [-0.1, -0.05) is 0 Å². The van der Waals surface area contributed by atoms with Crippen molar-refractivity contribution in [3.05, 3.63) is 18.0 Å². The first-order valence-corrected chi connectivity index (χ1v) is 6.39. The fourth-order valence-corrected chi connectivity index (χ4v) is 2.02. The smallest absolute Gasteiger partial charge is 0.0490 e. The Morgan fingerprint density at radius 3 is 2.80 bits per heavy atom. The van der Waals surface area contributed by atoms with Crippen molar-refractivity contribution in [2.45, 2.75) is 32.1 Å². The minimum Gasteiger partial charge on any atom is -0.310 e. The molecule has 0 aromatic carbocycles. The summed E-state index contributed by atoms with van der Waals surface area (Å²) in [5.41, 5.74) is 1.05. The summed E-state index contributed by atoms with van der Waals surface area (Å²) in [6.45, 7) is 7.51. The van der Waals surface area contributed by atoms with Gasteiger partial charge < -0.3 is 5.32 Å². The van der Waals surface area contributed by atoms with E-state index in [4.69, 9.17) is 0 Å². The van der Waals surface area contributed by atoms with Gasteiger partial charge in [-0.15, -0.1) is 0 Å². The third-order valence-corrected chi connectivity index (χ3v) is 3.96. The second-order valence-electron chi connectivity index (χ2n) is 4.42. The largest absolute Gasteiger partial charge is 0.310 e. The number of aromatic amines is 1. The van der Waals surface area contributed by atoms with E-state index < -0.39 is 10.8 Å². The third-order valence-electron chi connectivity index (χ3n) is 2.02. The maximum atomic E-state index is 11.7. The first-order chi connectivity index (χ1) is 7.00. The molecule has 1 aromatic rings. The van der Waals surface area contributed by atoms with Crippen molar-refractivity contribution >= 4 is 10.8 Å². The number of H-pyrrole nitrogens is 1. The average Bonchev–Trinajstić information content (AvgIpc) is 2.63. The molecule has 0 spiro atoms. The Hall–Kier alpha value is -0.680. The number of rotatable bonds is 5. The summed E-state index contributed by atoms with van der Waals surface area (Å²) < 4.78 is 11.6. The number of hydrogen-bond acceptors (Lipinski definition) is 3. The Labute approximate surface area is 93.3 Å². The van der Waals surface area contributed by atoms with Crippen LogP contribution < -0.4 is 5.32 Å². The van der Waals surface area contributed by atoms with Crippen LogP contribution >= 0.6 is 0 Å². The third kappa shape index (κ3) is 4.57. The second kappa shape index (κ2) is 5.42. The van der Waals surface area contributed by atoms with E-state index >= 15 is 0 Å². The zero-order valence-corrected chi connectivity index (χ0v) is 10.4. The molecule has 0 aliphatic heterocycles. The van der Waals surface area contributed by atoms with E-state index in [2.05, 4.69) is 15.5 Å². The molecule has 5 heteroatoms.